The van der Waals surface area contributed by atoms with Gasteiger partial charge in [-0.2, -0.15) is 15.0 Å². The number of nitrogens with one attached hydrogen (secondary N) is 2. The second-order valence-electron chi connectivity index (χ2n) is 5.37. The van der Waals surface area contributed by atoms with E-state index >= 15 is 0 Å². The van der Waals surface area contributed by atoms with Crippen molar-refractivity contribution in [1.82, 2.24) is 19.7 Å². The lowest BCUT2D eigenvalue weighted by atomic mass is 10.3. The zero-order valence-corrected chi connectivity index (χ0v) is 15.9. The van der Waals surface area contributed by atoms with Crippen molar-refractivity contribution < 1.29 is 31.9 Å². The van der Waals surface area contributed by atoms with Crippen LogP contribution in [0.4, 0.5) is 10.7 Å². The van der Waals surface area contributed by atoms with Crippen molar-refractivity contribution in [3.8, 4) is 6.01 Å². The van der Waals surface area contributed by atoms with E-state index in [1.807, 2.05) is 4.72 Å². The van der Waals surface area contributed by atoms with Crippen LogP contribution in [0.15, 0.2) is 20.7 Å². The molecule has 1 aliphatic heterocycles. The number of hydrogen-bond donors (Lipinski definition) is 2. The first-order valence-electron chi connectivity index (χ1n) is 7.82. The van der Waals surface area contributed by atoms with Gasteiger partial charge in [0.1, 0.15) is 29.4 Å². The van der Waals surface area contributed by atoms with Crippen LogP contribution in [0.25, 0.3) is 0 Å². The van der Waals surface area contributed by atoms with Gasteiger partial charge in [-0.1, -0.05) is 0 Å². The number of carbonyl (C=O) groups is 1. The van der Waals surface area contributed by atoms with Gasteiger partial charge in [-0.05, 0) is 19.0 Å². The Balaban J connectivity index is 1.83. The van der Waals surface area contributed by atoms with Gasteiger partial charge < -0.3 is 18.7 Å². The quantitative estimate of drug-likeness (QED) is 0.697. The third-order valence-electron chi connectivity index (χ3n) is 3.34. The van der Waals surface area contributed by atoms with E-state index in [4.69, 9.17) is 18.7 Å². The van der Waals surface area contributed by atoms with Gasteiger partial charge in [0, 0.05) is 0 Å². The van der Waals surface area contributed by atoms with Crippen LogP contribution in [0.1, 0.15) is 17.1 Å². The normalized spacial score (nSPS) is 13.8. The Morgan fingerprint density at radius 1 is 1.21 bits per heavy atom. The number of rotatable bonds is 5. The van der Waals surface area contributed by atoms with Crippen molar-refractivity contribution in [3.63, 3.8) is 0 Å². The Morgan fingerprint density at radius 3 is 2.68 bits per heavy atom. The highest BCUT2D eigenvalue weighted by Crippen LogP contribution is 2.24. The molecular weight excluding hydrogens is 396 g/mol. The van der Waals surface area contributed by atoms with E-state index < -0.39 is 16.1 Å². The molecule has 0 unspecified atom stereocenters. The number of furan rings is 1. The minimum atomic E-state index is -4.35. The first-order valence-corrected chi connectivity index (χ1v) is 9.30. The molecule has 2 aromatic heterocycles. The van der Waals surface area contributed by atoms with Crippen molar-refractivity contribution in [2.24, 2.45) is 5.16 Å². The molecule has 2 aromatic rings. The minimum Gasteiger partial charge on any atom is -0.471 e. The van der Waals surface area contributed by atoms with Crippen molar-refractivity contribution in [2.75, 3.05) is 25.6 Å². The molecule has 0 bridgehead atoms. The maximum atomic E-state index is 12.7. The lowest BCUT2D eigenvalue weighted by molar-refractivity contribution is 0.0653. The van der Waals surface area contributed by atoms with Gasteiger partial charge in [-0.25, -0.2) is 17.9 Å². The molecule has 0 spiro atoms. The molecule has 1 aliphatic rings. The predicted octanol–water partition coefficient (Wildman–Crippen LogP) is 0.309. The van der Waals surface area contributed by atoms with E-state index in [-0.39, 0.29) is 53.1 Å². The summed E-state index contributed by atoms with van der Waals surface area (Å²) in [6, 6.07) is -1.13. The van der Waals surface area contributed by atoms with Crippen molar-refractivity contribution in [3.05, 3.63) is 23.4 Å². The summed E-state index contributed by atoms with van der Waals surface area (Å²) in [5.41, 5.74) is 0.0233. The lowest BCUT2D eigenvalue weighted by Crippen LogP contribution is -2.36. The summed E-state index contributed by atoms with van der Waals surface area (Å²) >= 11 is 0. The number of aryl methyl sites for hydroxylation is 2. The van der Waals surface area contributed by atoms with Gasteiger partial charge in [-0.15, -0.1) is 0 Å². The van der Waals surface area contributed by atoms with Crippen LogP contribution >= 0.6 is 0 Å². The molecule has 28 heavy (non-hydrogen) atoms. The Kier molecular flexibility index (Phi) is 5.30. The second kappa shape index (κ2) is 7.67. The maximum Gasteiger partial charge on any atom is 0.335 e. The van der Waals surface area contributed by atoms with Gasteiger partial charge in [0.25, 0.3) is 15.9 Å². The van der Waals surface area contributed by atoms with Gasteiger partial charge in [0.15, 0.2) is 6.61 Å². The number of carbonyl (C=O) groups excluding carboxylic acids is 1. The molecule has 0 fully saturated rings. The number of sulfonamides is 1. The number of hydrogen-bond acceptors (Lipinski definition) is 11. The van der Waals surface area contributed by atoms with E-state index in [1.54, 1.807) is 6.92 Å². The molecule has 0 saturated carbocycles. The molecule has 2 N–H and O–H groups in total. The number of nitrogens with zero attached hydrogens (tertiary/aromatic N) is 4. The van der Waals surface area contributed by atoms with Gasteiger partial charge in [0.2, 0.25) is 5.95 Å². The third-order valence-corrected chi connectivity index (χ3v) is 4.84. The number of ether oxygens (including phenoxy) is 2. The average molecular weight is 412 g/mol. The summed E-state index contributed by atoms with van der Waals surface area (Å²) < 4.78 is 42.6. The van der Waals surface area contributed by atoms with Crippen LogP contribution < -0.4 is 14.8 Å². The molecule has 0 aromatic carbocycles. The molecule has 150 valence electrons. The number of aromatic nitrogens is 3. The summed E-state index contributed by atoms with van der Waals surface area (Å²) in [7, 11) is -3.01. The molecule has 0 atom stereocenters. The van der Waals surface area contributed by atoms with Crippen LogP contribution in [-0.4, -0.2) is 55.6 Å². The minimum absolute atomic E-state index is 0.0233. The zero-order valence-electron chi connectivity index (χ0n) is 15.0. The van der Waals surface area contributed by atoms with Crippen molar-refractivity contribution in [1.29, 1.82) is 0 Å². The van der Waals surface area contributed by atoms with Crippen LogP contribution in [0.5, 0.6) is 6.01 Å². The summed E-state index contributed by atoms with van der Waals surface area (Å²) in [6.45, 7) is 3.40. The monoisotopic (exact) mass is 412 g/mol. The Morgan fingerprint density at radius 2 is 2.00 bits per heavy atom. The maximum absolute atomic E-state index is 12.7. The molecule has 2 amide bonds. The highest BCUT2D eigenvalue weighted by atomic mass is 32.2. The first kappa shape index (κ1) is 19.3. The predicted molar refractivity (Wildman–Crippen MR) is 92.3 cm³/mol. The fourth-order valence-corrected chi connectivity index (χ4v) is 3.51. The van der Waals surface area contributed by atoms with Crippen LogP contribution in [-0.2, 0) is 19.6 Å². The molecule has 3 rings (SSSR count). The summed E-state index contributed by atoms with van der Waals surface area (Å²) in [5, 5.41) is 5.87. The molecule has 14 heteroatoms. The topological polar surface area (TPSA) is 167 Å². The third kappa shape index (κ3) is 4.11. The summed E-state index contributed by atoms with van der Waals surface area (Å²) in [5.74, 6) is 0.0477. The van der Waals surface area contributed by atoms with Crippen LogP contribution in [0.3, 0.4) is 0 Å². The largest absolute Gasteiger partial charge is 0.471 e. The fourth-order valence-electron chi connectivity index (χ4n) is 2.26. The SMILES string of the molecule is COc1nc(C)nc(NC(=O)NS(=O)(=O)c2c(C3=NOCCO3)coc2C)n1. The van der Waals surface area contributed by atoms with E-state index in [1.165, 1.54) is 14.0 Å². The molecule has 13 nitrogen and oxygen atoms in total. The standard InChI is InChI=1S/C14H16N6O7S/c1-7-10(9(6-26-7)11-19-27-5-4-25-11)28(22,23)20-13(21)17-12-15-8(2)16-14(18-12)24-3/h6H,4-5H2,1-3H3,(H2,15,16,17,18,20,21). The summed E-state index contributed by atoms with van der Waals surface area (Å²) in [4.78, 5) is 28.3. The van der Waals surface area contributed by atoms with Gasteiger partial charge >= 0.3 is 12.0 Å². The number of urea groups is 1. The Labute approximate surface area is 159 Å². The number of anilines is 1. The fraction of sp³-hybridized carbons (Fsp3) is 0.357. The van der Waals surface area contributed by atoms with E-state index in [0.717, 1.165) is 6.26 Å². The molecular formula is C14H16N6O7S. The van der Waals surface area contributed by atoms with Crippen LogP contribution in [0, 0.1) is 13.8 Å². The average Bonchev–Trinajstić information content (AvgIpc) is 3.04. The lowest BCUT2D eigenvalue weighted by Gasteiger charge is -2.14. The Bertz CT molecular complexity index is 1030. The Hall–Kier alpha value is -3.42. The van der Waals surface area contributed by atoms with Gasteiger partial charge in [0.05, 0.1) is 12.7 Å². The highest BCUT2D eigenvalue weighted by molar-refractivity contribution is 7.90. The number of methoxy groups -OCH3 is 1. The second-order valence-corrected chi connectivity index (χ2v) is 6.98. The summed E-state index contributed by atoms with van der Waals surface area (Å²) in [6.07, 6.45) is 1.15. The zero-order chi connectivity index (χ0) is 20.3. The number of oxime groups is 1. The van der Waals surface area contributed by atoms with Crippen molar-refractivity contribution >= 4 is 27.9 Å². The van der Waals surface area contributed by atoms with E-state index in [9.17, 15) is 13.2 Å². The highest BCUT2D eigenvalue weighted by Gasteiger charge is 2.31. The van der Waals surface area contributed by atoms with E-state index in [2.05, 4.69) is 25.4 Å². The molecule has 3 heterocycles. The molecule has 0 aliphatic carbocycles. The first-order chi connectivity index (χ1) is 13.3. The number of amides is 2. The molecule has 0 saturated heterocycles. The molecule has 0 radical (unpaired) electrons. The van der Waals surface area contributed by atoms with Crippen molar-refractivity contribution in [2.45, 2.75) is 18.7 Å². The van der Waals surface area contributed by atoms with E-state index in [0.29, 0.717) is 0 Å². The van der Waals surface area contributed by atoms with Gasteiger partial charge in [-0.3, -0.25) is 5.32 Å². The smallest absolute Gasteiger partial charge is 0.335 e. The van der Waals surface area contributed by atoms with Crippen LogP contribution in [0.2, 0.25) is 0 Å².